The SMILES string of the molecule is C[C@@H]1C[C@@H](C)CN(C(=O)[C@@H](C)[NH+]2CCN(S(=O)(=O)c3ccc4c(c3)CCC4)CC2)C1. The zero-order chi connectivity index (χ0) is 21.5. The Morgan fingerprint density at radius 3 is 2.37 bits per heavy atom. The molecule has 2 saturated heterocycles. The van der Waals surface area contributed by atoms with Crippen LogP contribution < -0.4 is 4.90 Å². The van der Waals surface area contributed by atoms with Gasteiger partial charge in [-0.25, -0.2) is 8.42 Å². The maximum Gasteiger partial charge on any atom is 0.280 e. The molecule has 0 bridgehead atoms. The summed E-state index contributed by atoms with van der Waals surface area (Å²) in [7, 11) is -3.46. The number of hydrogen-bond donors (Lipinski definition) is 1. The highest BCUT2D eigenvalue weighted by atomic mass is 32.2. The zero-order valence-electron chi connectivity index (χ0n) is 18.6. The van der Waals surface area contributed by atoms with Crippen molar-refractivity contribution in [2.45, 2.75) is 57.4 Å². The second-order valence-electron chi connectivity index (χ2n) is 9.76. The lowest BCUT2D eigenvalue weighted by molar-refractivity contribution is -0.918. The number of nitrogens with one attached hydrogen (secondary N) is 1. The number of fused-ring (bicyclic) bond motifs is 1. The van der Waals surface area contributed by atoms with E-state index in [0.717, 1.165) is 32.4 Å². The molecule has 1 N–H and O–H groups in total. The zero-order valence-corrected chi connectivity index (χ0v) is 19.4. The highest BCUT2D eigenvalue weighted by Gasteiger charge is 2.37. The fourth-order valence-electron chi connectivity index (χ4n) is 5.60. The van der Waals surface area contributed by atoms with E-state index >= 15 is 0 Å². The molecule has 4 rings (SSSR count). The van der Waals surface area contributed by atoms with Crippen molar-refractivity contribution in [3.63, 3.8) is 0 Å². The topological polar surface area (TPSA) is 62.1 Å². The summed E-state index contributed by atoms with van der Waals surface area (Å²) in [5.74, 6) is 1.32. The molecule has 0 saturated carbocycles. The lowest BCUT2D eigenvalue weighted by Gasteiger charge is -2.39. The molecular formula is C23H36N3O3S+. The first-order valence-electron chi connectivity index (χ1n) is 11.5. The van der Waals surface area contributed by atoms with Gasteiger partial charge in [0.15, 0.2) is 6.04 Å². The molecule has 6 nitrogen and oxygen atoms in total. The number of piperidine rings is 1. The van der Waals surface area contributed by atoms with Gasteiger partial charge in [0.25, 0.3) is 5.91 Å². The maximum absolute atomic E-state index is 13.2. The predicted molar refractivity (Wildman–Crippen MR) is 117 cm³/mol. The summed E-state index contributed by atoms with van der Waals surface area (Å²) in [5, 5.41) is 0. The van der Waals surface area contributed by atoms with Crippen molar-refractivity contribution in [1.29, 1.82) is 0 Å². The monoisotopic (exact) mass is 434 g/mol. The Bertz CT molecular complexity index is 883. The minimum absolute atomic E-state index is 0.118. The molecular weight excluding hydrogens is 398 g/mol. The Morgan fingerprint density at radius 2 is 1.70 bits per heavy atom. The van der Waals surface area contributed by atoms with E-state index in [9.17, 15) is 13.2 Å². The van der Waals surface area contributed by atoms with Crippen LogP contribution in [0.4, 0.5) is 0 Å². The van der Waals surface area contributed by atoms with Gasteiger partial charge in [-0.05, 0) is 67.7 Å². The van der Waals surface area contributed by atoms with E-state index in [1.54, 1.807) is 10.4 Å². The Morgan fingerprint density at radius 1 is 1.07 bits per heavy atom. The number of amides is 1. The van der Waals surface area contributed by atoms with Gasteiger partial charge in [-0.15, -0.1) is 0 Å². The van der Waals surface area contributed by atoms with Crippen molar-refractivity contribution in [1.82, 2.24) is 9.21 Å². The van der Waals surface area contributed by atoms with Gasteiger partial charge in [0, 0.05) is 13.1 Å². The van der Waals surface area contributed by atoms with Gasteiger partial charge in [0.2, 0.25) is 10.0 Å². The number of nitrogens with zero attached hydrogens (tertiary/aromatic N) is 2. The normalized spacial score (nSPS) is 27.1. The standard InChI is InChI=1S/C23H35N3O3S/c1-17-13-18(2)16-25(15-17)23(27)19(3)24-9-11-26(12-10-24)30(28,29)22-8-7-20-5-4-6-21(20)14-22/h7-8,14,17-19H,4-6,9-13,15-16H2,1-3H3/p+1/t17-,18-,19-/m1/s1. The van der Waals surface area contributed by atoms with E-state index in [1.165, 1.54) is 22.4 Å². The smallest absolute Gasteiger partial charge is 0.280 e. The maximum atomic E-state index is 13.2. The average molecular weight is 435 g/mol. The summed E-state index contributed by atoms with van der Waals surface area (Å²) in [6.07, 6.45) is 4.33. The predicted octanol–water partition coefficient (Wildman–Crippen LogP) is 0.958. The van der Waals surface area contributed by atoms with Crippen LogP contribution in [0.5, 0.6) is 0 Å². The van der Waals surface area contributed by atoms with Crippen LogP contribution in [-0.4, -0.2) is 68.8 Å². The van der Waals surface area contributed by atoms with Gasteiger partial charge in [0.1, 0.15) is 0 Å². The number of quaternary nitrogens is 1. The highest BCUT2D eigenvalue weighted by Crippen LogP contribution is 2.26. The number of sulfonamides is 1. The second-order valence-corrected chi connectivity index (χ2v) is 11.7. The Balaban J connectivity index is 1.38. The van der Waals surface area contributed by atoms with Gasteiger partial charge in [-0.2, -0.15) is 4.31 Å². The molecule has 0 unspecified atom stereocenters. The first-order chi connectivity index (χ1) is 14.3. The molecule has 1 aromatic carbocycles. The molecule has 7 heteroatoms. The summed E-state index contributed by atoms with van der Waals surface area (Å²) in [4.78, 5) is 16.7. The van der Waals surface area contributed by atoms with Crippen LogP contribution in [0.1, 0.15) is 44.7 Å². The molecule has 166 valence electrons. The van der Waals surface area contributed by atoms with E-state index in [2.05, 4.69) is 13.8 Å². The van der Waals surface area contributed by atoms with E-state index < -0.39 is 10.0 Å². The molecule has 3 aliphatic rings. The summed E-state index contributed by atoms with van der Waals surface area (Å²) >= 11 is 0. The van der Waals surface area contributed by atoms with Crippen LogP contribution in [0.25, 0.3) is 0 Å². The quantitative estimate of drug-likeness (QED) is 0.768. The fourth-order valence-corrected chi connectivity index (χ4v) is 7.09. The third-order valence-electron chi connectivity index (χ3n) is 7.24. The number of carbonyl (C=O) groups excluding carboxylic acids is 1. The minimum Gasteiger partial charge on any atom is -0.337 e. The van der Waals surface area contributed by atoms with Crippen molar-refractivity contribution < 1.29 is 18.1 Å². The van der Waals surface area contributed by atoms with Crippen LogP contribution in [-0.2, 0) is 27.7 Å². The highest BCUT2D eigenvalue weighted by molar-refractivity contribution is 7.89. The number of likely N-dealkylation sites (tertiary alicyclic amines) is 1. The molecule has 2 heterocycles. The number of piperazine rings is 1. The number of benzene rings is 1. The van der Waals surface area contributed by atoms with Crippen molar-refractivity contribution >= 4 is 15.9 Å². The van der Waals surface area contributed by atoms with Gasteiger partial charge >= 0.3 is 0 Å². The number of rotatable bonds is 4. The molecule has 2 aliphatic heterocycles. The van der Waals surface area contributed by atoms with Crippen molar-refractivity contribution in [3.05, 3.63) is 29.3 Å². The molecule has 30 heavy (non-hydrogen) atoms. The third kappa shape index (κ3) is 4.30. The average Bonchev–Trinajstić information content (AvgIpc) is 3.20. The molecule has 3 atom stereocenters. The van der Waals surface area contributed by atoms with Crippen LogP contribution in [0.15, 0.2) is 23.1 Å². The number of aryl methyl sites for hydroxylation is 2. The Hall–Kier alpha value is -1.44. The summed E-state index contributed by atoms with van der Waals surface area (Å²) in [6, 6.07) is 5.51. The molecule has 2 fully saturated rings. The van der Waals surface area contributed by atoms with Crippen molar-refractivity contribution in [2.24, 2.45) is 11.8 Å². The first kappa shape index (κ1) is 21.8. The summed E-state index contributed by atoms with van der Waals surface area (Å²) in [6.45, 7) is 10.4. The lowest BCUT2D eigenvalue weighted by Crippen LogP contribution is -3.19. The largest absolute Gasteiger partial charge is 0.337 e. The van der Waals surface area contributed by atoms with Crippen LogP contribution in [0, 0.1) is 11.8 Å². The third-order valence-corrected chi connectivity index (χ3v) is 9.13. The van der Waals surface area contributed by atoms with Crippen molar-refractivity contribution in [2.75, 3.05) is 39.3 Å². The molecule has 0 spiro atoms. The molecule has 1 amide bonds. The lowest BCUT2D eigenvalue weighted by atomic mass is 9.91. The summed E-state index contributed by atoms with van der Waals surface area (Å²) in [5.41, 5.74) is 2.47. The Kier molecular flexibility index (Phi) is 6.24. The van der Waals surface area contributed by atoms with Crippen LogP contribution >= 0.6 is 0 Å². The summed E-state index contributed by atoms with van der Waals surface area (Å²) < 4.78 is 27.9. The van der Waals surface area contributed by atoms with E-state index in [0.29, 0.717) is 42.9 Å². The first-order valence-corrected chi connectivity index (χ1v) is 12.9. The van der Waals surface area contributed by atoms with Gasteiger partial charge in [0.05, 0.1) is 31.1 Å². The van der Waals surface area contributed by atoms with Gasteiger partial charge < -0.3 is 9.80 Å². The minimum atomic E-state index is -3.46. The number of carbonyl (C=O) groups is 1. The van der Waals surface area contributed by atoms with E-state index in [4.69, 9.17) is 0 Å². The number of hydrogen-bond acceptors (Lipinski definition) is 3. The van der Waals surface area contributed by atoms with Gasteiger partial charge in [-0.3, -0.25) is 4.79 Å². The van der Waals surface area contributed by atoms with E-state index in [-0.39, 0.29) is 11.9 Å². The molecule has 0 radical (unpaired) electrons. The molecule has 1 aromatic rings. The van der Waals surface area contributed by atoms with E-state index in [1.807, 2.05) is 24.0 Å². The van der Waals surface area contributed by atoms with Crippen LogP contribution in [0.3, 0.4) is 0 Å². The Labute approximate surface area is 181 Å². The second kappa shape index (κ2) is 8.60. The van der Waals surface area contributed by atoms with Crippen molar-refractivity contribution in [3.8, 4) is 0 Å². The molecule has 1 aliphatic carbocycles. The van der Waals surface area contributed by atoms with Crippen LogP contribution in [0.2, 0.25) is 0 Å². The van der Waals surface area contributed by atoms with Gasteiger partial charge in [-0.1, -0.05) is 19.9 Å². The fraction of sp³-hybridized carbons (Fsp3) is 0.696. The molecule has 0 aromatic heterocycles.